The Morgan fingerprint density at radius 1 is 1.47 bits per heavy atom. The predicted molar refractivity (Wildman–Crippen MR) is 54.2 cm³/mol. The third kappa shape index (κ3) is 3.19. The molecule has 0 radical (unpaired) electrons. The highest BCUT2D eigenvalue weighted by Crippen LogP contribution is 2.20. The molecule has 0 aromatic heterocycles. The Morgan fingerprint density at radius 3 is 2.53 bits per heavy atom. The zero-order valence-corrected chi connectivity index (χ0v) is 9.05. The van der Waals surface area contributed by atoms with Crippen molar-refractivity contribution in [3.8, 4) is 0 Å². The molecule has 0 fully saturated rings. The van der Waals surface area contributed by atoms with Crippen LogP contribution in [0.5, 0.6) is 0 Å². The monoisotopic (exact) mass is 249 g/mol. The average Bonchev–Trinajstić information content (AvgIpc) is 2.05. The molecule has 3 N–H and O–H groups in total. The van der Waals surface area contributed by atoms with Crippen LogP contribution in [0.15, 0.2) is 23.1 Å². The molecule has 0 bridgehead atoms. The van der Waals surface area contributed by atoms with Gasteiger partial charge in [0.1, 0.15) is 0 Å². The van der Waals surface area contributed by atoms with Gasteiger partial charge < -0.3 is 5.73 Å². The minimum atomic E-state index is -4.39. The number of amides is 1. The van der Waals surface area contributed by atoms with Crippen molar-refractivity contribution in [1.29, 1.82) is 0 Å². The Hall–Kier alpha value is -1.11. The number of hydrogen-bond acceptors (Lipinski definition) is 3. The van der Waals surface area contributed by atoms with E-state index in [2.05, 4.69) is 0 Å². The molecule has 1 amide bonds. The van der Waals surface area contributed by atoms with E-state index in [-0.39, 0.29) is 17.0 Å². The van der Waals surface area contributed by atoms with Crippen LogP contribution in [0, 0.1) is 0 Å². The molecule has 15 heavy (non-hydrogen) atoms. The first-order valence-corrected chi connectivity index (χ1v) is 5.66. The minimum absolute atomic E-state index is 0.120. The van der Waals surface area contributed by atoms with Crippen LogP contribution >= 0.6 is 11.6 Å². The van der Waals surface area contributed by atoms with Gasteiger partial charge in [-0.3, -0.25) is 9.35 Å². The van der Waals surface area contributed by atoms with Gasteiger partial charge in [-0.2, -0.15) is 8.42 Å². The lowest BCUT2D eigenvalue weighted by molar-refractivity contribution is -0.117. The number of rotatable bonds is 3. The quantitative estimate of drug-likeness (QED) is 0.767. The Balaban J connectivity index is 3.33. The molecule has 0 spiro atoms. The molecule has 7 heteroatoms. The fraction of sp³-hybridized carbons (Fsp3) is 0.125. The largest absolute Gasteiger partial charge is 0.369 e. The minimum Gasteiger partial charge on any atom is -0.369 e. The second-order valence-corrected chi connectivity index (χ2v) is 4.70. The number of halogens is 1. The normalized spacial score (nSPS) is 11.3. The number of carbonyl (C=O) groups is 1. The van der Waals surface area contributed by atoms with Crippen LogP contribution in [-0.2, 0) is 21.3 Å². The molecule has 5 nitrogen and oxygen atoms in total. The first-order chi connectivity index (χ1) is 6.80. The highest BCUT2D eigenvalue weighted by atomic mass is 35.5. The van der Waals surface area contributed by atoms with E-state index in [1.807, 2.05) is 0 Å². The van der Waals surface area contributed by atoms with Crippen molar-refractivity contribution in [3.05, 3.63) is 28.8 Å². The van der Waals surface area contributed by atoms with Crippen LogP contribution in [-0.4, -0.2) is 18.9 Å². The SMILES string of the molecule is NC(=O)Cc1ccc(Cl)cc1S(=O)(=O)O. The molecule has 82 valence electrons. The van der Waals surface area contributed by atoms with Crippen LogP contribution in [0.1, 0.15) is 5.56 Å². The van der Waals surface area contributed by atoms with Gasteiger partial charge in [0.05, 0.1) is 11.3 Å². The maximum atomic E-state index is 10.9. The van der Waals surface area contributed by atoms with Crippen molar-refractivity contribution >= 4 is 27.6 Å². The van der Waals surface area contributed by atoms with E-state index in [9.17, 15) is 13.2 Å². The molecule has 0 aliphatic carbocycles. The van der Waals surface area contributed by atoms with Gasteiger partial charge in [0.25, 0.3) is 10.1 Å². The Kier molecular flexibility index (Phi) is 3.33. The van der Waals surface area contributed by atoms with E-state index in [1.54, 1.807) is 0 Å². The van der Waals surface area contributed by atoms with Gasteiger partial charge >= 0.3 is 0 Å². The Morgan fingerprint density at radius 2 is 2.07 bits per heavy atom. The summed E-state index contributed by atoms with van der Waals surface area (Å²) in [5.74, 6) is -0.692. The van der Waals surface area contributed by atoms with E-state index in [0.29, 0.717) is 0 Å². The molecular weight excluding hydrogens is 242 g/mol. The van der Waals surface area contributed by atoms with Crippen LogP contribution in [0.4, 0.5) is 0 Å². The second kappa shape index (κ2) is 4.18. The van der Waals surface area contributed by atoms with Gasteiger partial charge in [0.2, 0.25) is 5.91 Å². The Bertz CT molecular complexity index is 497. The number of primary amides is 1. The summed E-state index contributed by atoms with van der Waals surface area (Å²) < 4.78 is 30.7. The van der Waals surface area contributed by atoms with Gasteiger partial charge in [0.15, 0.2) is 0 Å². The summed E-state index contributed by atoms with van der Waals surface area (Å²) in [5, 5.41) is 0.149. The summed E-state index contributed by atoms with van der Waals surface area (Å²) >= 11 is 5.57. The molecule has 1 aromatic rings. The number of nitrogens with two attached hydrogens (primary N) is 1. The lowest BCUT2D eigenvalue weighted by atomic mass is 10.1. The molecule has 0 aliphatic rings. The third-order valence-corrected chi connectivity index (χ3v) is 2.84. The summed E-state index contributed by atoms with van der Waals surface area (Å²) in [6.07, 6.45) is -0.272. The zero-order chi connectivity index (χ0) is 11.6. The van der Waals surface area contributed by atoms with Gasteiger partial charge in [-0.25, -0.2) is 0 Å². The smallest absolute Gasteiger partial charge is 0.294 e. The van der Waals surface area contributed by atoms with E-state index >= 15 is 0 Å². The lowest BCUT2D eigenvalue weighted by Crippen LogP contribution is -2.16. The average molecular weight is 250 g/mol. The summed E-state index contributed by atoms with van der Waals surface area (Å²) in [4.78, 5) is 10.3. The highest BCUT2D eigenvalue weighted by molar-refractivity contribution is 7.85. The van der Waals surface area contributed by atoms with E-state index < -0.39 is 20.9 Å². The highest BCUT2D eigenvalue weighted by Gasteiger charge is 2.16. The van der Waals surface area contributed by atoms with Crippen LogP contribution in [0.25, 0.3) is 0 Å². The molecule has 1 rings (SSSR count). The van der Waals surface area contributed by atoms with Gasteiger partial charge in [0, 0.05) is 5.02 Å². The Labute approximate surface area is 91.6 Å². The fourth-order valence-corrected chi connectivity index (χ4v) is 2.09. The molecule has 0 heterocycles. The van der Waals surface area contributed by atoms with Crippen molar-refractivity contribution in [2.45, 2.75) is 11.3 Å². The summed E-state index contributed by atoms with van der Waals surface area (Å²) in [5.41, 5.74) is 5.05. The molecular formula is C8H8ClNO4S. The van der Waals surface area contributed by atoms with Gasteiger partial charge in [-0.05, 0) is 17.7 Å². The van der Waals surface area contributed by atoms with Crippen molar-refractivity contribution in [2.24, 2.45) is 5.73 Å². The third-order valence-electron chi connectivity index (χ3n) is 1.67. The molecule has 1 aromatic carbocycles. The van der Waals surface area contributed by atoms with Crippen LogP contribution < -0.4 is 5.73 Å². The maximum Gasteiger partial charge on any atom is 0.294 e. The molecule has 0 saturated carbocycles. The van der Waals surface area contributed by atoms with E-state index in [4.69, 9.17) is 21.9 Å². The molecule has 0 atom stereocenters. The summed E-state index contributed by atoms with van der Waals surface area (Å²) in [6, 6.07) is 3.81. The molecule has 0 unspecified atom stereocenters. The van der Waals surface area contributed by atoms with Crippen molar-refractivity contribution in [3.63, 3.8) is 0 Å². The standard InChI is InChI=1S/C8H8ClNO4S/c9-6-2-1-5(3-8(10)11)7(4-6)15(12,13)14/h1-2,4H,3H2,(H2,10,11)(H,12,13,14). The number of hydrogen-bond donors (Lipinski definition) is 2. The second-order valence-electron chi connectivity index (χ2n) is 2.87. The van der Waals surface area contributed by atoms with Crippen LogP contribution in [0.3, 0.4) is 0 Å². The number of benzene rings is 1. The van der Waals surface area contributed by atoms with Gasteiger partial charge in [-0.1, -0.05) is 17.7 Å². The fourth-order valence-electron chi connectivity index (χ4n) is 1.10. The van der Waals surface area contributed by atoms with Crippen molar-refractivity contribution in [1.82, 2.24) is 0 Å². The van der Waals surface area contributed by atoms with Crippen LogP contribution in [0.2, 0.25) is 5.02 Å². The summed E-state index contributed by atoms with van der Waals surface area (Å²) in [7, 11) is -4.39. The molecule has 0 saturated heterocycles. The van der Waals surface area contributed by atoms with Crippen molar-refractivity contribution in [2.75, 3.05) is 0 Å². The van der Waals surface area contributed by atoms with Gasteiger partial charge in [-0.15, -0.1) is 0 Å². The lowest BCUT2D eigenvalue weighted by Gasteiger charge is -2.05. The topological polar surface area (TPSA) is 97.5 Å². The first-order valence-electron chi connectivity index (χ1n) is 3.85. The summed E-state index contributed by atoms with van der Waals surface area (Å²) in [6.45, 7) is 0. The van der Waals surface area contributed by atoms with E-state index in [0.717, 1.165) is 6.07 Å². The molecule has 0 aliphatic heterocycles. The maximum absolute atomic E-state index is 10.9. The van der Waals surface area contributed by atoms with E-state index in [1.165, 1.54) is 12.1 Å². The first kappa shape index (κ1) is 12.0. The predicted octanol–water partition coefficient (Wildman–Crippen LogP) is 0.614. The van der Waals surface area contributed by atoms with Crippen molar-refractivity contribution < 1.29 is 17.8 Å². The zero-order valence-electron chi connectivity index (χ0n) is 7.47. The number of carbonyl (C=O) groups excluding carboxylic acids is 1.